The average molecular weight is 231 g/mol. The first-order chi connectivity index (χ1) is 7.38. The number of rotatable bonds is 4. The van der Waals surface area contributed by atoms with Gasteiger partial charge in [0.25, 0.3) is 0 Å². The Labute approximate surface area is 98.5 Å². The molecule has 4 nitrogen and oxygen atoms in total. The average Bonchev–Trinajstić information content (AvgIpc) is 2.58. The lowest BCUT2D eigenvalue weighted by molar-refractivity contribution is -0.00461. The molecule has 3 atom stereocenters. The topological polar surface area (TPSA) is 41.9 Å². The van der Waals surface area contributed by atoms with Crippen LogP contribution in [0.4, 0.5) is 0 Å². The summed E-state index contributed by atoms with van der Waals surface area (Å²) in [5.74, 6) is 0. The highest BCUT2D eigenvalue weighted by Crippen LogP contribution is 2.22. The van der Waals surface area contributed by atoms with E-state index in [0.717, 1.165) is 13.1 Å². The van der Waals surface area contributed by atoms with E-state index < -0.39 is 0 Å². The summed E-state index contributed by atoms with van der Waals surface area (Å²) < 4.78 is 10.7. The Morgan fingerprint density at radius 3 is 1.94 bits per heavy atom. The van der Waals surface area contributed by atoms with Gasteiger partial charge in [0.2, 0.25) is 0 Å². The van der Waals surface area contributed by atoms with Gasteiger partial charge in [0.15, 0.2) is 0 Å². The Balaban J connectivity index is 2.46. The van der Waals surface area contributed by atoms with Crippen LogP contribution in [0.2, 0.25) is 0 Å². The van der Waals surface area contributed by atoms with E-state index in [9.17, 15) is 5.11 Å². The predicted octanol–water partition coefficient (Wildman–Crippen LogP) is 0.739. The molecule has 1 N–H and O–H groups in total. The van der Waals surface area contributed by atoms with Crippen molar-refractivity contribution in [3.63, 3.8) is 0 Å². The van der Waals surface area contributed by atoms with Crippen LogP contribution in [0.25, 0.3) is 0 Å². The molecule has 1 saturated heterocycles. The molecule has 1 aliphatic heterocycles. The molecule has 96 valence electrons. The number of aliphatic hydroxyl groups is 1. The Hall–Kier alpha value is -0.160. The molecule has 0 spiro atoms. The molecule has 0 saturated carbocycles. The maximum Gasteiger partial charge on any atom is 0.0971 e. The largest absolute Gasteiger partial charge is 0.391 e. The second-order valence-corrected chi connectivity index (χ2v) is 5.65. The van der Waals surface area contributed by atoms with Crippen LogP contribution in [0, 0.1) is 5.41 Å². The molecule has 0 aromatic heterocycles. The van der Waals surface area contributed by atoms with Crippen LogP contribution >= 0.6 is 0 Å². The van der Waals surface area contributed by atoms with Crippen molar-refractivity contribution in [2.75, 3.05) is 33.9 Å². The minimum Gasteiger partial charge on any atom is -0.391 e. The lowest BCUT2D eigenvalue weighted by atomic mass is 9.89. The quantitative estimate of drug-likeness (QED) is 0.775. The normalized spacial score (nSPS) is 29.6. The van der Waals surface area contributed by atoms with Gasteiger partial charge in [-0.1, -0.05) is 20.8 Å². The molecular weight excluding hydrogens is 206 g/mol. The molecular formula is C12H25NO3. The molecule has 3 unspecified atom stereocenters. The smallest absolute Gasteiger partial charge is 0.0971 e. The van der Waals surface area contributed by atoms with E-state index in [1.54, 1.807) is 14.2 Å². The van der Waals surface area contributed by atoms with Crippen molar-refractivity contribution in [1.82, 2.24) is 4.90 Å². The predicted molar refractivity (Wildman–Crippen MR) is 63.5 cm³/mol. The van der Waals surface area contributed by atoms with Crippen molar-refractivity contribution in [1.29, 1.82) is 0 Å². The number of ether oxygens (including phenoxy) is 2. The molecule has 0 radical (unpaired) electrons. The molecule has 1 rings (SSSR count). The fourth-order valence-electron chi connectivity index (χ4n) is 1.94. The molecule has 0 aromatic carbocycles. The van der Waals surface area contributed by atoms with Gasteiger partial charge in [-0.25, -0.2) is 0 Å². The summed E-state index contributed by atoms with van der Waals surface area (Å²) in [4.78, 5) is 2.21. The first kappa shape index (κ1) is 13.9. The molecule has 1 fully saturated rings. The Morgan fingerprint density at radius 1 is 1.19 bits per heavy atom. The summed E-state index contributed by atoms with van der Waals surface area (Å²) in [6.07, 6.45) is -0.0741. The third kappa shape index (κ3) is 3.42. The fraction of sp³-hybridized carbons (Fsp3) is 1.00. The number of hydrogen-bond donors (Lipinski definition) is 1. The van der Waals surface area contributed by atoms with Crippen LogP contribution in [-0.2, 0) is 9.47 Å². The highest BCUT2D eigenvalue weighted by molar-refractivity contribution is 4.88. The summed E-state index contributed by atoms with van der Waals surface area (Å²) in [7, 11) is 3.42. The number of methoxy groups -OCH3 is 2. The Morgan fingerprint density at radius 2 is 1.62 bits per heavy atom. The number of hydrogen-bond acceptors (Lipinski definition) is 4. The summed E-state index contributed by atoms with van der Waals surface area (Å²) in [5, 5.41) is 10.0. The summed E-state index contributed by atoms with van der Waals surface area (Å²) in [5.41, 5.74) is -0.0757. The molecule has 0 amide bonds. The van der Waals surface area contributed by atoms with E-state index >= 15 is 0 Å². The molecule has 0 bridgehead atoms. The van der Waals surface area contributed by atoms with Crippen LogP contribution in [-0.4, -0.2) is 62.2 Å². The Bertz CT molecular complexity index is 203. The van der Waals surface area contributed by atoms with E-state index in [2.05, 4.69) is 25.7 Å². The summed E-state index contributed by atoms with van der Waals surface area (Å²) in [6, 6.07) is 0. The molecule has 4 heteroatoms. The number of likely N-dealkylation sites (tertiary alicyclic amines) is 1. The second-order valence-electron chi connectivity index (χ2n) is 5.65. The van der Waals surface area contributed by atoms with Crippen LogP contribution < -0.4 is 0 Å². The van der Waals surface area contributed by atoms with E-state index in [4.69, 9.17) is 9.47 Å². The van der Waals surface area contributed by atoms with Crippen LogP contribution in [0.5, 0.6) is 0 Å². The first-order valence-corrected chi connectivity index (χ1v) is 5.84. The third-order valence-corrected chi connectivity index (χ3v) is 3.33. The van der Waals surface area contributed by atoms with Gasteiger partial charge in [-0.2, -0.15) is 0 Å². The summed E-state index contributed by atoms with van der Waals surface area (Å²) in [6.45, 7) is 8.51. The van der Waals surface area contributed by atoms with E-state index in [1.165, 1.54) is 0 Å². The molecule has 0 aromatic rings. The number of aliphatic hydroxyl groups excluding tert-OH is 1. The first-order valence-electron chi connectivity index (χ1n) is 5.84. The van der Waals surface area contributed by atoms with E-state index in [-0.39, 0.29) is 23.7 Å². The van der Waals surface area contributed by atoms with Gasteiger partial charge in [0.05, 0.1) is 18.3 Å². The van der Waals surface area contributed by atoms with Gasteiger partial charge < -0.3 is 14.6 Å². The minimum absolute atomic E-state index is 0.0757. The van der Waals surface area contributed by atoms with Crippen molar-refractivity contribution >= 4 is 0 Å². The highest BCUT2D eigenvalue weighted by Gasteiger charge is 2.35. The second kappa shape index (κ2) is 5.45. The zero-order valence-corrected chi connectivity index (χ0v) is 11.1. The van der Waals surface area contributed by atoms with E-state index in [0.29, 0.717) is 6.54 Å². The maximum atomic E-state index is 10.0. The van der Waals surface area contributed by atoms with Gasteiger partial charge in [-0.15, -0.1) is 0 Å². The molecule has 0 aliphatic carbocycles. The SMILES string of the molecule is COC1CN(CC(O)C(C)(C)C)CC1OC. The van der Waals surface area contributed by atoms with Crippen molar-refractivity contribution in [3.05, 3.63) is 0 Å². The highest BCUT2D eigenvalue weighted by atomic mass is 16.5. The van der Waals surface area contributed by atoms with Crippen LogP contribution in [0.1, 0.15) is 20.8 Å². The minimum atomic E-state index is -0.319. The summed E-state index contributed by atoms with van der Waals surface area (Å²) >= 11 is 0. The fourth-order valence-corrected chi connectivity index (χ4v) is 1.94. The molecule has 1 heterocycles. The standard InChI is InChI=1S/C12H25NO3/c1-12(2,3)11(14)8-13-6-9(15-4)10(7-13)16-5/h9-11,14H,6-8H2,1-5H3. The van der Waals surface area contributed by atoms with Crippen molar-refractivity contribution in [3.8, 4) is 0 Å². The van der Waals surface area contributed by atoms with Gasteiger partial charge >= 0.3 is 0 Å². The number of nitrogens with zero attached hydrogens (tertiary/aromatic N) is 1. The van der Waals surface area contributed by atoms with E-state index in [1.807, 2.05) is 0 Å². The Kier molecular flexibility index (Phi) is 4.73. The zero-order chi connectivity index (χ0) is 12.3. The maximum absolute atomic E-state index is 10.0. The monoisotopic (exact) mass is 231 g/mol. The van der Waals surface area contributed by atoms with Gasteiger partial charge in [-0.3, -0.25) is 4.90 Å². The van der Waals surface area contributed by atoms with Crippen molar-refractivity contribution in [2.45, 2.75) is 39.1 Å². The number of β-amino-alcohol motifs (C(OH)–C–C–N with tert-alkyl or cyclic N) is 1. The van der Waals surface area contributed by atoms with Crippen molar-refractivity contribution < 1.29 is 14.6 Å². The van der Waals surface area contributed by atoms with Crippen LogP contribution in [0.15, 0.2) is 0 Å². The van der Waals surface area contributed by atoms with Gasteiger partial charge in [0.1, 0.15) is 0 Å². The zero-order valence-electron chi connectivity index (χ0n) is 11.1. The van der Waals surface area contributed by atoms with Gasteiger partial charge in [0, 0.05) is 33.9 Å². The third-order valence-electron chi connectivity index (χ3n) is 3.33. The molecule has 16 heavy (non-hydrogen) atoms. The molecule has 1 aliphatic rings. The lowest BCUT2D eigenvalue weighted by Gasteiger charge is -2.29. The van der Waals surface area contributed by atoms with Gasteiger partial charge in [-0.05, 0) is 5.41 Å². The van der Waals surface area contributed by atoms with Crippen LogP contribution in [0.3, 0.4) is 0 Å². The lowest BCUT2D eigenvalue weighted by Crippen LogP contribution is -2.39. The van der Waals surface area contributed by atoms with Crippen molar-refractivity contribution in [2.24, 2.45) is 5.41 Å².